The van der Waals surface area contributed by atoms with E-state index in [4.69, 9.17) is 0 Å². The normalized spacial score (nSPS) is 46.5. The summed E-state index contributed by atoms with van der Waals surface area (Å²) in [6.07, 6.45) is 17.0. The maximum Gasteiger partial charge on any atom is 0.0653 e. The van der Waals surface area contributed by atoms with E-state index in [9.17, 15) is 5.11 Å². The Labute approximate surface area is 181 Å². The second-order valence-electron chi connectivity index (χ2n) is 12.9. The third kappa shape index (κ3) is 3.66. The van der Waals surface area contributed by atoms with E-state index in [1.54, 1.807) is 0 Å². The molecule has 4 unspecified atom stereocenters. The van der Waals surface area contributed by atoms with Gasteiger partial charge in [0.05, 0.1) is 5.60 Å². The quantitative estimate of drug-likeness (QED) is 0.467. The van der Waals surface area contributed by atoms with Crippen molar-refractivity contribution < 1.29 is 5.11 Å². The molecule has 1 nitrogen and oxygen atoms in total. The molecule has 0 saturated heterocycles. The van der Waals surface area contributed by atoms with E-state index in [1.165, 1.54) is 64.2 Å². The fourth-order valence-electron chi connectivity index (χ4n) is 8.91. The monoisotopic (exact) mass is 400 g/mol. The number of hydrogen-bond donors (Lipinski definition) is 1. The summed E-state index contributed by atoms with van der Waals surface area (Å²) in [7, 11) is 0. The molecule has 0 heterocycles. The predicted octanol–water partition coefficient (Wildman–Crippen LogP) is 7.78. The average Bonchev–Trinajstić information content (AvgIpc) is 3.00. The van der Waals surface area contributed by atoms with Crippen molar-refractivity contribution in [3.05, 3.63) is 11.6 Å². The minimum Gasteiger partial charge on any atom is -0.390 e. The second-order valence-corrected chi connectivity index (χ2v) is 12.9. The van der Waals surface area contributed by atoms with Gasteiger partial charge in [0.1, 0.15) is 0 Å². The molecule has 0 amide bonds. The molecule has 0 radical (unpaired) electrons. The van der Waals surface area contributed by atoms with Gasteiger partial charge in [-0.3, -0.25) is 0 Å². The van der Waals surface area contributed by atoms with Gasteiger partial charge in [0.15, 0.2) is 0 Å². The lowest BCUT2D eigenvalue weighted by molar-refractivity contribution is -0.104. The lowest BCUT2D eigenvalue weighted by Gasteiger charge is -2.59. The molecule has 0 aromatic carbocycles. The summed E-state index contributed by atoms with van der Waals surface area (Å²) in [5.41, 5.74) is 2.17. The molecule has 0 aromatic heterocycles. The molecule has 166 valence electrons. The average molecular weight is 401 g/mol. The van der Waals surface area contributed by atoms with Crippen LogP contribution < -0.4 is 0 Å². The van der Waals surface area contributed by atoms with Crippen LogP contribution >= 0.6 is 0 Å². The van der Waals surface area contributed by atoms with Gasteiger partial charge in [0.25, 0.3) is 0 Å². The van der Waals surface area contributed by atoms with Crippen LogP contribution in [0.15, 0.2) is 11.6 Å². The van der Waals surface area contributed by atoms with Gasteiger partial charge < -0.3 is 5.11 Å². The van der Waals surface area contributed by atoms with Crippen LogP contribution in [0, 0.1) is 46.3 Å². The third-order valence-electron chi connectivity index (χ3n) is 10.6. The van der Waals surface area contributed by atoms with E-state index < -0.39 is 5.60 Å². The molecule has 0 aliphatic heterocycles. The Morgan fingerprint density at radius 3 is 2.59 bits per heavy atom. The summed E-state index contributed by atoms with van der Waals surface area (Å²) < 4.78 is 0. The maximum atomic E-state index is 11.6. The van der Waals surface area contributed by atoms with Crippen LogP contribution in [0.1, 0.15) is 112 Å². The summed E-state index contributed by atoms with van der Waals surface area (Å²) in [4.78, 5) is 0. The van der Waals surface area contributed by atoms with Crippen molar-refractivity contribution in [3.8, 4) is 0 Å². The number of fused-ring (bicyclic) bond motifs is 5. The summed E-state index contributed by atoms with van der Waals surface area (Å²) in [6, 6.07) is 0. The molecular weight excluding hydrogens is 352 g/mol. The molecule has 29 heavy (non-hydrogen) atoms. The smallest absolute Gasteiger partial charge is 0.0653 e. The largest absolute Gasteiger partial charge is 0.390 e. The standard InChI is InChI=1S/C28H48O/c1-19(2)8-7-15-28(6,29)25-12-11-23-22-10-9-21-18-20(3)13-16-26(21,4)24(22)14-17-27(23,25)5/h9,19-20,22-25,29H,7-8,10-18H2,1-6H3/t20-,22?,23?,24?,25?,26-,27-,28-/m0/s1. The molecule has 4 aliphatic rings. The maximum absolute atomic E-state index is 11.6. The van der Waals surface area contributed by atoms with E-state index >= 15 is 0 Å². The zero-order chi connectivity index (χ0) is 21.0. The summed E-state index contributed by atoms with van der Waals surface area (Å²) in [6.45, 7) is 14.4. The first kappa shape index (κ1) is 21.9. The highest BCUT2D eigenvalue weighted by Gasteiger charge is 2.61. The van der Waals surface area contributed by atoms with Crippen molar-refractivity contribution in [1.29, 1.82) is 0 Å². The topological polar surface area (TPSA) is 20.2 Å². The Hall–Kier alpha value is -0.300. The Morgan fingerprint density at radius 1 is 1.10 bits per heavy atom. The zero-order valence-corrected chi connectivity index (χ0v) is 20.3. The van der Waals surface area contributed by atoms with Gasteiger partial charge in [-0.2, -0.15) is 0 Å². The van der Waals surface area contributed by atoms with Crippen LogP contribution in [0.5, 0.6) is 0 Å². The molecule has 0 aromatic rings. The summed E-state index contributed by atoms with van der Waals surface area (Å²) >= 11 is 0. The summed E-state index contributed by atoms with van der Waals surface area (Å²) in [5, 5.41) is 11.6. The summed E-state index contributed by atoms with van der Waals surface area (Å²) in [5.74, 6) is 4.73. The Kier molecular flexibility index (Phi) is 5.81. The van der Waals surface area contributed by atoms with Crippen LogP contribution in [0.25, 0.3) is 0 Å². The first-order valence-electron chi connectivity index (χ1n) is 13.0. The van der Waals surface area contributed by atoms with Gasteiger partial charge in [0.2, 0.25) is 0 Å². The van der Waals surface area contributed by atoms with Crippen LogP contribution in [0.3, 0.4) is 0 Å². The van der Waals surface area contributed by atoms with Gasteiger partial charge >= 0.3 is 0 Å². The predicted molar refractivity (Wildman–Crippen MR) is 124 cm³/mol. The van der Waals surface area contributed by atoms with Gasteiger partial charge in [-0.1, -0.05) is 59.1 Å². The lowest BCUT2D eigenvalue weighted by atomic mass is 9.46. The highest BCUT2D eigenvalue weighted by molar-refractivity contribution is 5.25. The van der Waals surface area contributed by atoms with E-state index in [2.05, 4.69) is 47.6 Å². The Morgan fingerprint density at radius 2 is 1.86 bits per heavy atom. The minimum atomic E-state index is -0.481. The van der Waals surface area contributed by atoms with Crippen LogP contribution in [0.4, 0.5) is 0 Å². The number of allylic oxidation sites excluding steroid dienone is 2. The molecule has 3 fully saturated rings. The Bertz CT molecular complexity index is 630. The van der Waals surface area contributed by atoms with Crippen molar-refractivity contribution >= 4 is 0 Å². The molecule has 1 heteroatoms. The molecule has 8 atom stereocenters. The fourth-order valence-corrected chi connectivity index (χ4v) is 8.91. The van der Waals surface area contributed by atoms with E-state index in [-0.39, 0.29) is 0 Å². The SMILES string of the molecule is CC(C)CCC[C@](C)(O)C1CCC2C3CC=C4C[C@@H](C)CC[C@]4(C)C3CC[C@@]21C. The van der Waals surface area contributed by atoms with Crippen molar-refractivity contribution in [3.63, 3.8) is 0 Å². The molecule has 1 N–H and O–H groups in total. The van der Waals surface area contributed by atoms with Crippen LogP contribution in [-0.4, -0.2) is 10.7 Å². The molecular formula is C28H48O. The van der Waals surface area contributed by atoms with Crippen LogP contribution in [0.2, 0.25) is 0 Å². The molecule has 0 bridgehead atoms. The van der Waals surface area contributed by atoms with Crippen LogP contribution in [-0.2, 0) is 0 Å². The molecule has 3 saturated carbocycles. The first-order valence-corrected chi connectivity index (χ1v) is 13.0. The number of hydrogen-bond acceptors (Lipinski definition) is 1. The number of rotatable bonds is 5. The fraction of sp³-hybridized carbons (Fsp3) is 0.929. The lowest BCUT2D eigenvalue weighted by Crippen LogP contribution is -2.52. The molecule has 4 aliphatic carbocycles. The van der Waals surface area contributed by atoms with E-state index in [0.717, 1.165) is 36.0 Å². The van der Waals surface area contributed by atoms with Gasteiger partial charge in [-0.05, 0) is 111 Å². The van der Waals surface area contributed by atoms with Crippen molar-refractivity contribution in [2.75, 3.05) is 0 Å². The third-order valence-corrected chi connectivity index (χ3v) is 10.6. The second kappa shape index (κ2) is 7.68. The highest BCUT2D eigenvalue weighted by Crippen LogP contribution is 2.68. The Balaban J connectivity index is 1.53. The number of aliphatic hydroxyl groups is 1. The molecule has 4 rings (SSSR count). The van der Waals surface area contributed by atoms with E-state index in [1.807, 2.05) is 5.57 Å². The van der Waals surface area contributed by atoms with Crippen molar-refractivity contribution in [2.45, 2.75) is 118 Å². The zero-order valence-electron chi connectivity index (χ0n) is 20.3. The van der Waals surface area contributed by atoms with Crippen molar-refractivity contribution in [1.82, 2.24) is 0 Å². The van der Waals surface area contributed by atoms with E-state index in [0.29, 0.717) is 16.7 Å². The highest BCUT2D eigenvalue weighted by atomic mass is 16.3. The molecule has 0 spiro atoms. The minimum absolute atomic E-state index is 0.353. The first-order chi connectivity index (χ1) is 13.6. The van der Waals surface area contributed by atoms with Gasteiger partial charge in [-0.25, -0.2) is 0 Å². The van der Waals surface area contributed by atoms with Gasteiger partial charge in [-0.15, -0.1) is 0 Å². The van der Waals surface area contributed by atoms with Gasteiger partial charge in [0, 0.05) is 0 Å². The van der Waals surface area contributed by atoms with Crippen molar-refractivity contribution in [2.24, 2.45) is 46.3 Å².